The van der Waals surface area contributed by atoms with E-state index in [1.807, 2.05) is 0 Å². The van der Waals surface area contributed by atoms with E-state index in [9.17, 15) is 14.4 Å². The maximum absolute atomic E-state index is 12.0. The summed E-state index contributed by atoms with van der Waals surface area (Å²) in [7, 11) is 0. The van der Waals surface area contributed by atoms with Crippen LogP contribution in [-0.4, -0.2) is 20.6 Å². The molecular weight excluding hydrogens is 272 g/mol. The number of aromatic nitrogens is 2. The highest BCUT2D eigenvalue weighted by molar-refractivity contribution is 5.92. The number of hydrogen-bond donors (Lipinski definition) is 2. The molecule has 1 aromatic carbocycles. The molecule has 1 aromatic heterocycles. The fraction of sp³-hybridized carbons (Fsp3) is 0.400. The normalized spacial score (nSPS) is 10.9. The van der Waals surface area contributed by atoms with Gasteiger partial charge in [-0.15, -0.1) is 0 Å². The molecule has 0 amide bonds. The third-order valence-electron chi connectivity index (χ3n) is 3.46. The highest BCUT2D eigenvalue weighted by Gasteiger charge is 2.10. The summed E-state index contributed by atoms with van der Waals surface area (Å²) in [5.74, 6) is -1.06. The maximum atomic E-state index is 12.0. The number of carbonyl (C=O) groups is 1. The molecule has 2 rings (SSSR count). The first-order valence-corrected chi connectivity index (χ1v) is 7.04. The molecule has 2 aromatic rings. The smallest absolute Gasteiger partial charge is 0.335 e. The van der Waals surface area contributed by atoms with Gasteiger partial charge < -0.3 is 14.7 Å². The first kappa shape index (κ1) is 15.0. The lowest BCUT2D eigenvalue weighted by Gasteiger charge is -2.10. The van der Waals surface area contributed by atoms with Crippen molar-refractivity contribution in [2.45, 2.75) is 39.2 Å². The number of aryl methyl sites for hydroxylation is 1. The molecule has 0 spiro atoms. The van der Waals surface area contributed by atoms with E-state index in [-0.39, 0.29) is 5.56 Å². The van der Waals surface area contributed by atoms with E-state index in [2.05, 4.69) is 11.9 Å². The number of nitrogens with zero attached hydrogens (tertiary/aromatic N) is 1. The number of aromatic carboxylic acids is 1. The summed E-state index contributed by atoms with van der Waals surface area (Å²) in [6.07, 6.45) is 3.89. The number of unbranched alkanes of at least 4 members (excludes halogenated alkanes) is 3. The van der Waals surface area contributed by atoms with Gasteiger partial charge in [0.2, 0.25) is 0 Å². The number of rotatable bonds is 6. The van der Waals surface area contributed by atoms with Gasteiger partial charge >= 0.3 is 17.1 Å². The molecule has 0 aliphatic carbocycles. The molecule has 6 heteroatoms. The average molecular weight is 290 g/mol. The average Bonchev–Trinajstić information content (AvgIpc) is 2.46. The Labute approximate surface area is 121 Å². The highest BCUT2D eigenvalue weighted by atomic mass is 16.4. The number of carboxylic acid groups (broad SMARTS) is 1. The fourth-order valence-electron chi connectivity index (χ4n) is 2.32. The van der Waals surface area contributed by atoms with Crippen LogP contribution in [0.4, 0.5) is 0 Å². The van der Waals surface area contributed by atoms with Gasteiger partial charge in [0.05, 0.1) is 16.6 Å². The summed E-state index contributed by atoms with van der Waals surface area (Å²) < 4.78 is 1.37. The Kier molecular flexibility index (Phi) is 4.57. The van der Waals surface area contributed by atoms with Gasteiger partial charge in [-0.1, -0.05) is 26.2 Å². The predicted molar refractivity (Wildman–Crippen MR) is 79.9 cm³/mol. The fourth-order valence-corrected chi connectivity index (χ4v) is 2.32. The molecule has 0 fully saturated rings. The monoisotopic (exact) mass is 290 g/mol. The number of H-pyrrole nitrogens is 1. The number of carboxylic acids is 1. The molecule has 0 saturated carbocycles. The minimum Gasteiger partial charge on any atom is -0.478 e. The summed E-state index contributed by atoms with van der Waals surface area (Å²) in [6, 6.07) is 4.35. The van der Waals surface area contributed by atoms with E-state index in [0.717, 1.165) is 25.7 Å². The Morgan fingerprint density at radius 1 is 1.24 bits per heavy atom. The van der Waals surface area contributed by atoms with Gasteiger partial charge in [-0.25, -0.2) is 4.79 Å². The van der Waals surface area contributed by atoms with Crippen LogP contribution in [0.1, 0.15) is 43.0 Å². The van der Waals surface area contributed by atoms with Gasteiger partial charge in [0, 0.05) is 6.54 Å². The summed E-state index contributed by atoms with van der Waals surface area (Å²) in [6.45, 7) is 2.51. The van der Waals surface area contributed by atoms with Crippen molar-refractivity contribution < 1.29 is 9.90 Å². The summed E-state index contributed by atoms with van der Waals surface area (Å²) in [5, 5.41) is 9.05. The van der Waals surface area contributed by atoms with Crippen LogP contribution in [0.15, 0.2) is 27.8 Å². The van der Waals surface area contributed by atoms with Gasteiger partial charge in [0.1, 0.15) is 0 Å². The van der Waals surface area contributed by atoms with Crippen LogP contribution in [-0.2, 0) is 6.54 Å². The van der Waals surface area contributed by atoms with Gasteiger partial charge in [-0.05, 0) is 24.6 Å². The van der Waals surface area contributed by atoms with Gasteiger partial charge in [-0.3, -0.25) is 9.59 Å². The minimum absolute atomic E-state index is 0.0938. The maximum Gasteiger partial charge on any atom is 0.335 e. The molecule has 6 nitrogen and oxygen atoms in total. The zero-order valence-electron chi connectivity index (χ0n) is 11.9. The third kappa shape index (κ3) is 3.21. The van der Waals surface area contributed by atoms with Crippen LogP contribution in [0.2, 0.25) is 0 Å². The molecule has 2 N–H and O–H groups in total. The van der Waals surface area contributed by atoms with Crippen molar-refractivity contribution >= 4 is 17.0 Å². The van der Waals surface area contributed by atoms with E-state index in [4.69, 9.17) is 5.11 Å². The van der Waals surface area contributed by atoms with Crippen molar-refractivity contribution in [3.8, 4) is 0 Å². The second-order valence-electron chi connectivity index (χ2n) is 5.01. The van der Waals surface area contributed by atoms with Crippen molar-refractivity contribution in [1.82, 2.24) is 9.55 Å². The van der Waals surface area contributed by atoms with Crippen LogP contribution in [0.3, 0.4) is 0 Å². The SMILES string of the molecule is CCCCCCn1c(=O)c(=O)[nH]c2ccc(C(=O)O)cc21. The van der Waals surface area contributed by atoms with E-state index in [0.29, 0.717) is 17.6 Å². The highest BCUT2D eigenvalue weighted by Crippen LogP contribution is 2.13. The number of benzene rings is 1. The summed E-state index contributed by atoms with van der Waals surface area (Å²) in [5.41, 5.74) is -0.296. The minimum atomic E-state index is -1.06. The number of aromatic amines is 1. The largest absolute Gasteiger partial charge is 0.478 e. The molecule has 0 aliphatic heterocycles. The van der Waals surface area contributed by atoms with Gasteiger partial charge in [0.25, 0.3) is 0 Å². The van der Waals surface area contributed by atoms with Crippen LogP contribution in [0, 0.1) is 0 Å². The summed E-state index contributed by atoms with van der Waals surface area (Å²) in [4.78, 5) is 37.2. The third-order valence-corrected chi connectivity index (χ3v) is 3.46. The van der Waals surface area contributed by atoms with Crippen molar-refractivity contribution in [3.05, 3.63) is 44.5 Å². The van der Waals surface area contributed by atoms with E-state index >= 15 is 0 Å². The van der Waals surface area contributed by atoms with Crippen LogP contribution in [0.5, 0.6) is 0 Å². The second kappa shape index (κ2) is 6.39. The Balaban J connectivity index is 2.50. The van der Waals surface area contributed by atoms with Crippen molar-refractivity contribution in [2.75, 3.05) is 0 Å². The van der Waals surface area contributed by atoms with Crippen LogP contribution < -0.4 is 11.1 Å². The van der Waals surface area contributed by atoms with Crippen LogP contribution in [0.25, 0.3) is 11.0 Å². The quantitative estimate of drug-likeness (QED) is 0.628. The molecule has 112 valence electrons. The first-order chi connectivity index (χ1) is 10.0. The predicted octanol–water partition coefficient (Wildman–Crippen LogP) is 1.97. The van der Waals surface area contributed by atoms with E-state index in [1.165, 1.54) is 22.8 Å². The molecule has 1 heterocycles. The number of fused-ring (bicyclic) bond motifs is 1. The standard InChI is InChI=1S/C15H18N2O4/c1-2-3-4-5-8-17-12-9-10(15(20)21)6-7-11(12)16-13(18)14(17)19/h6-7,9H,2-5,8H2,1H3,(H,16,18)(H,20,21). The van der Waals surface area contributed by atoms with Crippen molar-refractivity contribution in [3.63, 3.8) is 0 Å². The Hall–Kier alpha value is -2.37. The van der Waals surface area contributed by atoms with Gasteiger partial charge in [0.15, 0.2) is 0 Å². The Morgan fingerprint density at radius 3 is 2.67 bits per heavy atom. The number of nitrogens with one attached hydrogen (secondary N) is 1. The van der Waals surface area contributed by atoms with Crippen molar-refractivity contribution in [2.24, 2.45) is 0 Å². The molecule has 0 radical (unpaired) electrons. The summed E-state index contributed by atoms with van der Waals surface area (Å²) >= 11 is 0. The lowest BCUT2D eigenvalue weighted by molar-refractivity contribution is 0.0697. The zero-order valence-corrected chi connectivity index (χ0v) is 11.9. The van der Waals surface area contributed by atoms with E-state index in [1.54, 1.807) is 0 Å². The molecule has 0 atom stereocenters. The second-order valence-corrected chi connectivity index (χ2v) is 5.01. The molecule has 0 aliphatic rings. The zero-order chi connectivity index (χ0) is 15.4. The molecule has 21 heavy (non-hydrogen) atoms. The van der Waals surface area contributed by atoms with Crippen LogP contribution >= 0.6 is 0 Å². The lowest BCUT2D eigenvalue weighted by atomic mass is 10.1. The topological polar surface area (TPSA) is 92.2 Å². The molecule has 0 saturated heterocycles. The van der Waals surface area contributed by atoms with E-state index < -0.39 is 17.1 Å². The molecular formula is C15H18N2O4. The number of hydrogen-bond acceptors (Lipinski definition) is 3. The van der Waals surface area contributed by atoms with Gasteiger partial charge in [-0.2, -0.15) is 0 Å². The Bertz CT molecular complexity index is 773. The lowest BCUT2D eigenvalue weighted by Crippen LogP contribution is -2.36. The first-order valence-electron chi connectivity index (χ1n) is 7.04. The Morgan fingerprint density at radius 2 is 2.00 bits per heavy atom. The molecule has 0 bridgehead atoms. The molecule has 0 unspecified atom stereocenters. The van der Waals surface area contributed by atoms with Crippen molar-refractivity contribution in [1.29, 1.82) is 0 Å².